The van der Waals surface area contributed by atoms with Gasteiger partial charge >= 0.3 is 5.97 Å². The summed E-state index contributed by atoms with van der Waals surface area (Å²) in [4.78, 5) is 24.6. The molecule has 0 aliphatic rings. The lowest BCUT2D eigenvalue weighted by Gasteiger charge is -2.20. The maximum atomic E-state index is 12.5. The van der Waals surface area contributed by atoms with Gasteiger partial charge in [0.2, 0.25) is 5.91 Å². The van der Waals surface area contributed by atoms with E-state index in [1.807, 2.05) is 6.08 Å². The van der Waals surface area contributed by atoms with Crippen LogP contribution >= 0.6 is 0 Å². The molecule has 1 amide bonds. The maximum Gasteiger partial charge on any atom is 0.305 e. The van der Waals surface area contributed by atoms with E-state index in [1.54, 1.807) is 6.08 Å². The number of aliphatic hydroxyl groups is 2. The SMILES string of the molecule is CCCCC/C=C\C/C=C\CCCCCCCCCC(=O)OCCCCCCCCCCCCCCCCCCCCCCCCCCCCCCCCCCCCCCCC(=O)NC(CO)C(O)/C=C/CCCCCCCCCCCCCCC. The first-order chi connectivity index (χ1) is 42.5. The molecule has 2 atom stereocenters. The van der Waals surface area contributed by atoms with E-state index in [-0.39, 0.29) is 18.5 Å². The highest BCUT2D eigenvalue weighted by atomic mass is 16.5. The minimum absolute atomic E-state index is 0.0159. The smallest absolute Gasteiger partial charge is 0.305 e. The Bertz CT molecular complexity index is 1390. The van der Waals surface area contributed by atoms with Crippen LogP contribution in [0.25, 0.3) is 0 Å². The van der Waals surface area contributed by atoms with E-state index in [0.29, 0.717) is 19.4 Å². The van der Waals surface area contributed by atoms with Crippen molar-refractivity contribution in [2.75, 3.05) is 13.2 Å². The van der Waals surface area contributed by atoms with Crippen molar-refractivity contribution in [2.24, 2.45) is 0 Å². The zero-order chi connectivity index (χ0) is 62.0. The van der Waals surface area contributed by atoms with Crippen molar-refractivity contribution in [1.29, 1.82) is 0 Å². The van der Waals surface area contributed by atoms with Gasteiger partial charge < -0.3 is 20.3 Å². The Morgan fingerprint density at radius 1 is 0.326 bits per heavy atom. The number of carbonyl (C=O) groups excluding carboxylic acids is 2. The monoisotopic (exact) mass is 1210 g/mol. The van der Waals surface area contributed by atoms with Crippen molar-refractivity contribution in [3.8, 4) is 0 Å². The molecule has 0 heterocycles. The van der Waals surface area contributed by atoms with Crippen molar-refractivity contribution in [3.63, 3.8) is 0 Å². The molecule has 86 heavy (non-hydrogen) atoms. The molecule has 2 unspecified atom stereocenters. The van der Waals surface area contributed by atoms with Gasteiger partial charge in [0, 0.05) is 12.8 Å². The molecule has 0 saturated heterocycles. The Labute approximate surface area is 538 Å². The third-order valence-electron chi connectivity index (χ3n) is 18.4. The fraction of sp³-hybridized carbons (Fsp3) is 0.900. The van der Waals surface area contributed by atoms with Gasteiger partial charge in [-0.2, -0.15) is 0 Å². The van der Waals surface area contributed by atoms with E-state index in [4.69, 9.17) is 4.74 Å². The Morgan fingerprint density at radius 2 is 0.581 bits per heavy atom. The van der Waals surface area contributed by atoms with Gasteiger partial charge in [0.25, 0.3) is 0 Å². The first kappa shape index (κ1) is 84.1. The molecule has 0 spiro atoms. The second kappa shape index (κ2) is 75.5. The molecular formula is C80H153NO5. The number of ether oxygens (including phenoxy) is 1. The summed E-state index contributed by atoms with van der Waals surface area (Å²) in [5.74, 6) is -0.0435. The Hall–Kier alpha value is -1.92. The lowest BCUT2D eigenvalue weighted by molar-refractivity contribution is -0.143. The zero-order valence-electron chi connectivity index (χ0n) is 58.3. The fourth-order valence-electron chi connectivity index (χ4n) is 12.4. The second-order valence-corrected chi connectivity index (χ2v) is 27.0. The van der Waals surface area contributed by atoms with Crippen LogP contribution < -0.4 is 5.32 Å². The van der Waals surface area contributed by atoms with Crippen LogP contribution in [0.5, 0.6) is 0 Å². The lowest BCUT2D eigenvalue weighted by atomic mass is 10.0. The number of rotatable bonds is 74. The molecule has 3 N–H and O–H groups in total. The lowest BCUT2D eigenvalue weighted by Crippen LogP contribution is -2.45. The summed E-state index contributed by atoms with van der Waals surface area (Å²) >= 11 is 0. The molecule has 0 radical (unpaired) electrons. The molecule has 0 aromatic rings. The van der Waals surface area contributed by atoms with E-state index in [2.05, 4.69) is 43.5 Å². The largest absolute Gasteiger partial charge is 0.466 e. The van der Waals surface area contributed by atoms with Crippen LogP contribution in [0.15, 0.2) is 36.5 Å². The average Bonchev–Trinajstić information content (AvgIpc) is 3.55. The Balaban J connectivity index is 3.30. The highest BCUT2D eigenvalue weighted by molar-refractivity contribution is 5.76. The summed E-state index contributed by atoms with van der Waals surface area (Å²) in [5.41, 5.74) is 0. The predicted octanol–water partition coefficient (Wildman–Crippen LogP) is 25.8. The first-order valence-electron chi connectivity index (χ1n) is 39.3. The molecule has 6 heteroatoms. The number of nitrogens with one attached hydrogen (secondary N) is 1. The standard InChI is InChI=1S/C80H153NO5/c1-3-5-7-9-11-13-15-17-19-41-46-50-54-58-62-66-70-74-80(85)86-75-71-67-63-59-55-51-47-43-40-38-36-34-32-30-28-26-24-22-20-21-23-25-27-29-31-33-35-37-39-42-45-49-53-57-61-65-69-73-79(84)81-77(76-82)78(83)72-68-64-60-56-52-48-44-18-16-14-12-10-8-6-4-2/h11,13,17,19,68,72,77-78,82-83H,3-10,12,14-16,18,20-67,69-71,73-76H2,1-2H3,(H,81,84)/b13-11-,19-17-,72-68+. The van der Waals surface area contributed by atoms with Gasteiger partial charge in [-0.3, -0.25) is 9.59 Å². The second-order valence-electron chi connectivity index (χ2n) is 27.0. The number of hydrogen-bond acceptors (Lipinski definition) is 5. The third kappa shape index (κ3) is 71.2. The highest BCUT2D eigenvalue weighted by Crippen LogP contribution is 2.20. The van der Waals surface area contributed by atoms with Gasteiger partial charge in [-0.15, -0.1) is 0 Å². The van der Waals surface area contributed by atoms with Crippen molar-refractivity contribution in [1.82, 2.24) is 5.32 Å². The van der Waals surface area contributed by atoms with Gasteiger partial charge in [-0.05, 0) is 64.2 Å². The number of hydrogen-bond donors (Lipinski definition) is 3. The van der Waals surface area contributed by atoms with Crippen molar-refractivity contribution in [3.05, 3.63) is 36.5 Å². The number of carbonyl (C=O) groups is 2. The summed E-state index contributed by atoms with van der Waals surface area (Å²) in [6.45, 7) is 4.91. The van der Waals surface area contributed by atoms with Crippen molar-refractivity contribution in [2.45, 2.75) is 450 Å². The van der Waals surface area contributed by atoms with E-state index in [1.165, 1.54) is 360 Å². The quantitative estimate of drug-likeness (QED) is 0.0320. The first-order valence-corrected chi connectivity index (χ1v) is 39.3. The summed E-state index contributed by atoms with van der Waals surface area (Å²) in [5, 5.41) is 23.2. The fourth-order valence-corrected chi connectivity index (χ4v) is 12.4. The van der Waals surface area contributed by atoms with E-state index in [0.717, 1.165) is 51.4 Å². The molecule has 0 aliphatic carbocycles. The Kier molecular flexibility index (Phi) is 73.9. The summed E-state index contributed by atoms with van der Waals surface area (Å²) in [6.07, 6.45) is 98.5. The summed E-state index contributed by atoms with van der Waals surface area (Å²) in [6, 6.07) is -0.623. The molecule has 0 fully saturated rings. The molecule has 0 bridgehead atoms. The number of amides is 1. The Morgan fingerprint density at radius 3 is 0.907 bits per heavy atom. The van der Waals surface area contributed by atoms with Crippen molar-refractivity contribution >= 4 is 11.9 Å². The van der Waals surface area contributed by atoms with Crippen LogP contribution in [0.2, 0.25) is 0 Å². The molecule has 0 saturated carbocycles. The number of aliphatic hydroxyl groups excluding tert-OH is 2. The zero-order valence-corrected chi connectivity index (χ0v) is 58.3. The van der Waals surface area contributed by atoms with Crippen LogP contribution in [-0.4, -0.2) is 47.4 Å². The van der Waals surface area contributed by atoms with Crippen LogP contribution in [-0.2, 0) is 14.3 Å². The van der Waals surface area contributed by atoms with Gasteiger partial charge in [0.1, 0.15) is 0 Å². The molecule has 0 aromatic heterocycles. The average molecular weight is 1210 g/mol. The van der Waals surface area contributed by atoms with E-state index < -0.39 is 12.1 Å². The maximum absolute atomic E-state index is 12.5. The predicted molar refractivity (Wildman–Crippen MR) is 379 cm³/mol. The third-order valence-corrected chi connectivity index (χ3v) is 18.4. The summed E-state index contributed by atoms with van der Waals surface area (Å²) < 4.78 is 5.51. The molecule has 0 aromatic carbocycles. The number of allylic oxidation sites excluding steroid dienone is 5. The van der Waals surface area contributed by atoms with E-state index in [9.17, 15) is 19.8 Å². The minimum atomic E-state index is -0.840. The van der Waals surface area contributed by atoms with Gasteiger partial charge in [0.05, 0.1) is 25.4 Å². The van der Waals surface area contributed by atoms with Gasteiger partial charge in [-0.25, -0.2) is 0 Å². The van der Waals surface area contributed by atoms with Crippen LogP contribution in [0.1, 0.15) is 438 Å². The normalized spacial score (nSPS) is 12.7. The van der Waals surface area contributed by atoms with Crippen LogP contribution in [0.4, 0.5) is 0 Å². The van der Waals surface area contributed by atoms with E-state index >= 15 is 0 Å². The highest BCUT2D eigenvalue weighted by Gasteiger charge is 2.18. The van der Waals surface area contributed by atoms with Crippen molar-refractivity contribution < 1.29 is 24.5 Å². The number of esters is 1. The minimum Gasteiger partial charge on any atom is -0.466 e. The molecule has 0 aliphatic heterocycles. The van der Waals surface area contributed by atoms with Gasteiger partial charge in [-0.1, -0.05) is 397 Å². The van der Waals surface area contributed by atoms with Crippen LogP contribution in [0, 0.1) is 0 Å². The van der Waals surface area contributed by atoms with Crippen LogP contribution in [0.3, 0.4) is 0 Å². The summed E-state index contributed by atoms with van der Waals surface area (Å²) in [7, 11) is 0. The topological polar surface area (TPSA) is 95.9 Å². The number of unbranched alkanes of at least 4 members (excludes halogenated alkanes) is 59. The molecular weight excluding hydrogens is 1050 g/mol. The molecule has 0 rings (SSSR count). The molecule has 508 valence electrons. The van der Waals surface area contributed by atoms with Gasteiger partial charge in [0.15, 0.2) is 0 Å². The molecule has 6 nitrogen and oxygen atoms in total.